The van der Waals surface area contributed by atoms with Crippen LogP contribution >= 0.6 is 0 Å². The molecule has 4 aromatic rings. The van der Waals surface area contributed by atoms with Gasteiger partial charge in [-0.15, -0.1) is 0 Å². The number of aryl methyl sites for hydroxylation is 1. The lowest BCUT2D eigenvalue weighted by Crippen LogP contribution is -2.48. The number of anilines is 1. The van der Waals surface area contributed by atoms with Gasteiger partial charge in [0.1, 0.15) is 11.8 Å². The fraction of sp³-hybridized carbons (Fsp3) is 0.188. The van der Waals surface area contributed by atoms with Crippen molar-refractivity contribution in [2.24, 2.45) is 0 Å². The number of hydrogen-bond donors (Lipinski definition) is 1. The van der Waals surface area contributed by atoms with E-state index >= 15 is 0 Å². The molecule has 0 aliphatic heterocycles. The highest BCUT2D eigenvalue weighted by Crippen LogP contribution is 2.20. The number of rotatable bonds is 7. The molecule has 5 nitrogen and oxygen atoms in total. The van der Waals surface area contributed by atoms with E-state index < -0.39 is 6.04 Å². The van der Waals surface area contributed by atoms with Crippen molar-refractivity contribution in [2.75, 3.05) is 19.1 Å². The number of nitrogens with one attached hydrogen (secondary N) is 1. The van der Waals surface area contributed by atoms with Gasteiger partial charge in [-0.2, -0.15) is 0 Å². The highest BCUT2D eigenvalue weighted by atomic mass is 16.5. The van der Waals surface area contributed by atoms with E-state index in [1.165, 1.54) is 23.6 Å². The Hall–Kier alpha value is -4.38. The predicted octanol–water partition coefficient (Wildman–Crippen LogP) is 6.81. The molecule has 2 amide bonds. The smallest absolute Gasteiger partial charge is 0.249 e. The monoisotopic (exact) mass is 500 g/mol. The second-order valence-electron chi connectivity index (χ2n) is 8.77. The molecule has 37 heavy (non-hydrogen) atoms. The molecule has 0 fully saturated rings. The van der Waals surface area contributed by atoms with Crippen LogP contribution in [0.3, 0.4) is 0 Å². The van der Waals surface area contributed by atoms with Crippen molar-refractivity contribution < 1.29 is 18.6 Å². The fourth-order valence-corrected chi connectivity index (χ4v) is 3.84. The zero-order chi connectivity index (χ0) is 26.6. The number of benzene rings is 4. The van der Waals surface area contributed by atoms with Crippen LogP contribution in [-0.2, 0) is 16.0 Å². The van der Waals surface area contributed by atoms with Gasteiger partial charge >= 0.3 is 0 Å². The summed E-state index contributed by atoms with van der Waals surface area (Å²) >= 11 is 0. The summed E-state index contributed by atoms with van der Waals surface area (Å²) < 4.78 is 5.13. The van der Waals surface area contributed by atoms with E-state index in [0.29, 0.717) is 6.42 Å². The highest BCUT2D eigenvalue weighted by molar-refractivity contribution is 5.98. The van der Waals surface area contributed by atoms with E-state index in [1.54, 1.807) is 31.2 Å². The van der Waals surface area contributed by atoms with Crippen LogP contribution in [0.25, 0.3) is 11.1 Å². The van der Waals surface area contributed by atoms with Gasteiger partial charge in [-0.05, 0) is 47.9 Å². The molecule has 1 atom stereocenters. The van der Waals surface area contributed by atoms with Crippen molar-refractivity contribution in [1.82, 2.24) is 5.32 Å². The van der Waals surface area contributed by atoms with E-state index in [-0.39, 0.29) is 16.1 Å². The Kier molecular flexibility index (Phi) is 10.0. The number of likely N-dealkylation sites (N-methyl/N-ethyl adjacent to an activating group) is 1. The summed E-state index contributed by atoms with van der Waals surface area (Å²) in [5.41, 5.74) is 5.60. The molecule has 4 rings (SSSR count). The van der Waals surface area contributed by atoms with Gasteiger partial charge in [0.2, 0.25) is 11.8 Å². The minimum atomic E-state index is -0.614. The van der Waals surface area contributed by atoms with E-state index in [2.05, 4.69) is 60.8 Å². The second kappa shape index (κ2) is 13.6. The molecule has 0 unspecified atom stereocenters. The minimum absolute atomic E-state index is 0. The van der Waals surface area contributed by atoms with Crippen molar-refractivity contribution in [1.29, 1.82) is 0 Å². The molecular weight excluding hydrogens is 460 g/mol. The predicted molar refractivity (Wildman–Crippen MR) is 157 cm³/mol. The third kappa shape index (κ3) is 8.36. The molecule has 0 aliphatic carbocycles. The average molecular weight is 501 g/mol. The molecule has 196 valence electrons. The van der Waals surface area contributed by atoms with Gasteiger partial charge in [-0.1, -0.05) is 90.5 Å². The normalized spacial score (nSPS) is 10.9. The van der Waals surface area contributed by atoms with Crippen molar-refractivity contribution in [3.8, 4) is 16.9 Å². The summed E-state index contributed by atoms with van der Waals surface area (Å²) in [5, 5.41) is 2.75. The molecule has 0 bridgehead atoms. The second-order valence-corrected chi connectivity index (χ2v) is 8.77. The van der Waals surface area contributed by atoms with E-state index in [0.717, 1.165) is 17.0 Å². The van der Waals surface area contributed by atoms with Gasteiger partial charge in [0, 0.05) is 30.4 Å². The third-order valence-corrected chi connectivity index (χ3v) is 5.91. The van der Waals surface area contributed by atoms with Crippen LogP contribution in [0, 0.1) is 6.92 Å². The van der Waals surface area contributed by atoms with Gasteiger partial charge in [0.15, 0.2) is 0 Å². The van der Waals surface area contributed by atoms with Crippen molar-refractivity contribution in [3.05, 3.63) is 120 Å². The summed E-state index contributed by atoms with van der Waals surface area (Å²) in [6.45, 7) is 3.52. The van der Waals surface area contributed by atoms with E-state index in [9.17, 15) is 9.59 Å². The molecule has 0 spiro atoms. The van der Waals surface area contributed by atoms with Crippen LogP contribution in [0.5, 0.6) is 5.75 Å². The lowest BCUT2D eigenvalue weighted by molar-refractivity contribution is -0.126. The maximum atomic E-state index is 12.8. The highest BCUT2D eigenvalue weighted by Gasteiger charge is 2.24. The summed E-state index contributed by atoms with van der Waals surface area (Å²) in [4.78, 5) is 25.9. The van der Waals surface area contributed by atoms with E-state index in [1.807, 2.05) is 48.5 Å². The molecule has 5 heteroatoms. The standard InChI is InChI=1S/C19H22N2O3.C13H12.3H2/c1-14(22)20-18(13-15-7-5-4-6-8-15)19(23)21(2)16-9-11-17(24-3)12-10-16;1-11-7-9-13(10-8-11)12-5-3-2-4-6-12;;;/h4-12,18H,13H2,1-3H3,(H,20,22);2-10H,1H3;3*1H/t18-;;;;/m0..../s1. The zero-order valence-corrected chi connectivity index (χ0v) is 21.8. The Bertz CT molecular complexity index is 1270. The Balaban J connectivity index is 0.000000812. The van der Waals surface area contributed by atoms with Gasteiger partial charge in [0.25, 0.3) is 0 Å². The molecule has 0 saturated carbocycles. The Labute approximate surface area is 224 Å². The molecule has 4 aromatic carbocycles. The topological polar surface area (TPSA) is 58.6 Å². The number of nitrogens with zero attached hydrogens (tertiary/aromatic N) is 1. The van der Waals surface area contributed by atoms with Crippen LogP contribution in [0.1, 0.15) is 22.3 Å². The number of carbonyl (C=O) groups is 2. The number of methoxy groups -OCH3 is 1. The molecule has 0 saturated heterocycles. The molecule has 0 aromatic heterocycles. The van der Waals surface area contributed by atoms with Crippen LogP contribution in [0.4, 0.5) is 5.69 Å². The third-order valence-electron chi connectivity index (χ3n) is 5.91. The first-order valence-electron chi connectivity index (χ1n) is 12.2. The van der Waals surface area contributed by atoms with Gasteiger partial charge in [-0.3, -0.25) is 9.59 Å². The molecule has 0 radical (unpaired) electrons. The number of ether oxygens (including phenoxy) is 1. The molecular formula is C32H40N2O3. The van der Waals surface area contributed by atoms with Crippen LogP contribution in [0.2, 0.25) is 0 Å². The minimum Gasteiger partial charge on any atom is -0.497 e. The maximum absolute atomic E-state index is 12.8. The Morgan fingerprint density at radius 3 is 1.89 bits per heavy atom. The fourth-order valence-electron chi connectivity index (χ4n) is 3.84. The number of carbonyl (C=O) groups excluding carboxylic acids is 2. The Morgan fingerprint density at radius 1 is 0.811 bits per heavy atom. The Morgan fingerprint density at radius 2 is 1.35 bits per heavy atom. The van der Waals surface area contributed by atoms with Crippen molar-refractivity contribution >= 4 is 17.5 Å². The zero-order valence-electron chi connectivity index (χ0n) is 21.8. The quantitative estimate of drug-likeness (QED) is 0.303. The van der Waals surface area contributed by atoms with Crippen LogP contribution in [0.15, 0.2) is 109 Å². The summed E-state index contributed by atoms with van der Waals surface area (Å²) in [6.07, 6.45) is 0.444. The van der Waals surface area contributed by atoms with Crippen molar-refractivity contribution in [3.63, 3.8) is 0 Å². The number of hydrogen-bond acceptors (Lipinski definition) is 3. The van der Waals surface area contributed by atoms with Gasteiger partial charge in [-0.25, -0.2) is 0 Å². The molecule has 0 heterocycles. The average Bonchev–Trinajstić information content (AvgIpc) is 2.93. The van der Waals surface area contributed by atoms with Crippen LogP contribution < -0.4 is 15.0 Å². The maximum Gasteiger partial charge on any atom is 0.249 e. The van der Waals surface area contributed by atoms with Gasteiger partial charge in [0.05, 0.1) is 7.11 Å². The summed E-state index contributed by atoms with van der Waals surface area (Å²) in [5.74, 6) is 0.328. The van der Waals surface area contributed by atoms with Crippen molar-refractivity contribution in [2.45, 2.75) is 26.3 Å². The number of amides is 2. The summed E-state index contributed by atoms with van der Waals surface area (Å²) in [7, 11) is 3.29. The first-order valence-corrected chi connectivity index (χ1v) is 12.2. The SMILES string of the molecule is COc1ccc(N(C)C(=O)[C@H](Cc2ccccc2)NC(C)=O)cc1.Cc1ccc(-c2ccccc2)cc1.[HH].[HH].[HH]. The summed E-state index contributed by atoms with van der Waals surface area (Å²) in [6, 6.07) is 35.2. The first kappa shape index (κ1) is 27.2. The van der Waals surface area contributed by atoms with E-state index in [4.69, 9.17) is 4.74 Å². The lowest BCUT2D eigenvalue weighted by Gasteiger charge is -2.24. The first-order chi connectivity index (χ1) is 17.9. The molecule has 0 aliphatic rings. The lowest BCUT2D eigenvalue weighted by atomic mass is 10.0. The van der Waals surface area contributed by atoms with Gasteiger partial charge < -0.3 is 15.0 Å². The van der Waals surface area contributed by atoms with Crippen LogP contribution in [-0.4, -0.2) is 32.0 Å². The largest absolute Gasteiger partial charge is 0.497 e. The molecule has 1 N–H and O–H groups in total.